The van der Waals surface area contributed by atoms with Crippen molar-refractivity contribution in [1.29, 1.82) is 0 Å². The third-order valence-electron chi connectivity index (χ3n) is 1.95. The molecule has 0 aliphatic rings. The lowest BCUT2D eigenvalue weighted by atomic mass is 10.3. The smallest absolute Gasteiger partial charge is 0.225 e. The molecule has 0 saturated heterocycles. The summed E-state index contributed by atoms with van der Waals surface area (Å²) in [4.78, 5) is 4.03. The van der Waals surface area contributed by atoms with E-state index >= 15 is 0 Å². The quantitative estimate of drug-likeness (QED) is 0.754. The zero-order valence-electron chi connectivity index (χ0n) is 7.68. The fraction of sp³-hybridized carbons (Fsp3) is 0.222. The largest absolute Gasteiger partial charge is 0.297 e. The molecule has 0 amide bonds. The van der Waals surface area contributed by atoms with E-state index in [1.807, 2.05) is 23.6 Å². The molecular weight excluding hydrogens is 200 g/mol. The highest BCUT2D eigenvalue weighted by Crippen LogP contribution is 2.10. The van der Waals surface area contributed by atoms with Crippen LogP contribution in [0.3, 0.4) is 0 Å². The molecule has 0 fully saturated rings. The van der Waals surface area contributed by atoms with E-state index in [-0.39, 0.29) is 0 Å². The molecule has 4 nitrogen and oxygen atoms in total. The van der Waals surface area contributed by atoms with Gasteiger partial charge in [-0.05, 0) is 30.2 Å². The van der Waals surface area contributed by atoms with Crippen LogP contribution in [-0.2, 0) is 6.54 Å². The van der Waals surface area contributed by atoms with Crippen LogP contribution >= 0.6 is 11.6 Å². The molecule has 0 unspecified atom stereocenters. The molecule has 0 atom stereocenters. The fourth-order valence-electron chi connectivity index (χ4n) is 1.21. The number of aromatic nitrogens is 4. The Morgan fingerprint density at radius 2 is 2.29 bits per heavy atom. The van der Waals surface area contributed by atoms with Crippen molar-refractivity contribution in [3.63, 3.8) is 0 Å². The number of hydrogen-bond acceptors (Lipinski definition) is 3. The van der Waals surface area contributed by atoms with E-state index in [4.69, 9.17) is 11.6 Å². The van der Waals surface area contributed by atoms with Crippen LogP contribution in [0.15, 0.2) is 24.5 Å². The van der Waals surface area contributed by atoms with Crippen molar-refractivity contribution in [1.82, 2.24) is 19.7 Å². The number of halogens is 1. The summed E-state index contributed by atoms with van der Waals surface area (Å²) in [6.45, 7) is 2.53. The SMILES string of the molecule is Cc1nnc(Cl)n1Cc1cccnc1. The van der Waals surface area contributed by atoms with Gasteiger partial charge in [0.05, 0.1) is 6.54 Å². The molecule has 2 aromatic rings. The molecular formula is C9H9ClN4. The van der Waals surface area contributed by atoms with Crippen LogP contribution in [0.1, 0.15) is 11.4 Å². The molecule has 72 valence electrons. The molecule has 0 bridgehead atoms. The van der Waals surface area contributed by atoms with Gasteiger partial charge < -0.3 is 0 Å². The topological polar surface area (TPSA) is 43.6 Å². The number of pyridine rings is 1. The molecule has 2 rings (SSSR count). The molecule has 2 aromatic heterocycles. The highest BCUT2D eigenvalue weighted by Gasteiger charge is 2.05. The highest BCUT2D eigenvalue weighted by molar-refractivity contribution is 6.28. The summed E-state index contributed by atoms with van der Waals surface area (Å²) in [6.07, 6.45) is 3.54. The predicted molar refractivity (Wildman–Crippen MR) is 53.1 cm³/mol. The van der Waals surface area contributed by atoms with Gasteiger partial charge >= 0.3 is 0 Å². The van der Waals surface area contributed by atoms with Gasteiger partial charge in [-0.2, -0.15) is 0 Å². The van der Waals surface area contributed by atoms with E-state index in [2.05, 4.69) is 15.2 Å². The fourth-order valence-corrected chi connectivity index (χ4v) is 1.43. The van der Waals surface area contributed by atoms with Crippen molar-refractivity contribution in [2.75, 3.05) is 0 Å². The molecule has 0 saturated carbocycles. The summed E-state index contributed by atoms with van der Waals surface area (Å²) in [5.41, 5.74) is 1.08. The first kappa shape index (κ1) is 9.15. The molecule has 2 heterocycles. The first-order valence-electron chi connectivity index (χ1n) is 4.21. The average molecular weight is 209 g/mol. The Kier molecular flexibility index (Phi) is 2.45. The van der Waals surface area contributed by atoms with Crippen LogP contribution in [0, 0.1) is 6.92 Å². The Bertz CT molecular complexity index is 404. The molecule has 0 aliphatic heterocycles. The number of nitrogens with zero attached hydrogens (tertiary/aromatic N) is 4. The number of rotatable bonds is 2. The summed E-state index contributed by atoms with van der Waals surface area (Å²) in [5, 5.41) is 8.05. The van der Waals surface area contributed by atoms with Gasteiger partial charge in [-0.3, -0.25) is 9.55 Å². The predicted octanol–water partition coefficient (Wildman–Crippen LogP) is 1.68. The minimum Gasteiger partial charge on any atom is -0.297 e. The Labute approximate surface area is 86.6 Å². The van der Waals surface area contributed by atoms with E-state index in [0.717, 1.165) is 11.4 Å². The Morgan fingerprint density at radius 3 is 2.86 bits per heavy atom. The molecule has 0 aliphatic carbocycles. The van der Waals surface area contributed by atoms with Gasteiger partial charge in [0.25, 0.3) is 0 Å². The molecule has 5 heteroatoms. The minimum absolute atomic E-state index is 0.409. The Morgan fingerprint density at radius 1 is 1.43 bits per heavy atom. The third-order valence-corrected chi connectivity index (χ3v) is 2.23. The number of aryl methyl sites for hydroxylation is 1. The van der Waals surface area contributed by atoms with Crippen LogP contribution in [0.2, 0.25) is 5.28 Å². The highest BCUT2D eigenvalue weighted by atomic mass is 35.5. The second-order valence-electron chi connectivity index (χ2n) is 2.96. The summed E-state index contributed by atoms with van der Waals surface area (Å²) in [6, 6.07) is 3.88. The van der Waals surface area contributed by atoms with Gasteiger partial charge in [0.1, 0.15) is 5.82 Å². The van der Waals surface area contributed by atoms with E-state index in [1.165, 1.54) is 0 Å². The van der Waals surface area contributed by atoms with Gasteiger partial charge in [0.15, 0.2) is 0 Å². The lowest BCUT2D eigenvalue weighted by molar-refractivity contribution is 0.759. The Balaban J connectivity index is 2.27. The number of hydrogen-bond donors (Lipinski definition) is 0. The lowest BCUT2D eigenvalue weighted by Gasteiger charge is -2.03. The van der Waals surface area contributed by atoms with Gasteiger partial charge in [0.2, 0.25) is 5.28 Å². The first-order valence-corrected chi connectivity index (χ1v) is 4.59. The van der Waals surface area contributed by atoms with E-state index in [9.17, 15) is 0 Å². The maximum absolute atomic E-state index is 5.86. The average Bonchev–Trinajstić information content (AvgIpc) is 2.51. The third kappa shape index (κ3) is 1.75. The normalized spacial score (nSPS) is 10.4. The monoisotopic (exact) mass is 208 g/mol. The molecule has 0 aromatic carbocycles. The zero-order valence-corrected chi connectivity index (χ0v) is 8.44. The second-order valence-corrected chi connectivity index (χ2v) is 3.30. The van der Waals surface area contributed by atoms with Gasteiger partial charge in [-0.15, -0.1) is 10.2 Å². The van der Waals surface area contributed by atoms with Gasteiger partial charge in [0, 0.05) is 12.4 Å². The van der Waals surface area contributed by atoms with E-state index < -0.39 is 0 Å². The molecule has 0 N–H and O–H groups in total. The van der Waals surface area contributed by atoms with Crippen LogP contribution in [0.4, 0.5) is 0 Å². The standard InChI is InChI=1S/C9H9ClN4/c1-7-12-13-9(10)14(7)6-8-3-2-4-11-5-8/h2-5H,6H2,1H3. The van der Waals surface area contributed by atoms with Crippen LogP contribution < -0.4 is 0 Å². The van der Waals surface area contributed by atoms with Gasteiger partial charge in [-0.25, -0.2) is 0 Å². The summed E-state index contributed by atoms with van der Waals surface area (Å²) < 4.78 is 1.83. The maximum atomic E-state index is 5.86. The van der Waals surface area contributed by atoms with E-state index in [0.29, 0.717) is 11.8 Å². The second kappa shape index (κ2) is 3.75. The molecule has 14 heavy (non-hydrogen) atoms. The summed E-state index contributed by atoms with van der Waals surface area (Å²) in [5.74, 6) is 0.804. The first-order chi connectivity index (χ1) is 6.77. The van der Waals surface area contributed by atoms with Crippen molar-refractivity contribution in [3.05, 3.63) is 41.2 Å². The van der Waals surface area contributed by atoms with Crippen molar-refractivity contribution in [2.24, 2.45) is 0 Å². The van der Waals surface area contributed by atoms with Crippen molar-refractivity contribution in [3.8, 4) is 0 Å². The minimum atomic E-state index is 0.409. The van der Waals surface area contributed by atoms with E-state index in [1.54, 1.807) is 12.4 Å². The van der Waals surface area contributed by atoms with Crippen molar-refractivity contribution >= 4 is 11.6 Å². The molecule has 0 spiro atoms. The summed E-state index contributed by atoms with van der Waals surface area (Å²) in [7, 11) is 0. The maximum Gasteiger partial charge on any atom is 0.225 e. The zero-order chi connectivity index (χ0) is 9.97. The van der Waals surface area contributed by atoms with Crippen molar-refractivity contribution < 1.29 is 0 Å². The van der Waals surface area contributed by atoms with Crippen molar-refractivity contribution in [2.45, 2.75) is 13.5 Å². The Hall–Kier alpha value is -1.42. The molecule has 0 radical (unpaired) electrons. The van der Waals surface area contributed by atoms with Crippen LogP contribution in [0.25, 0.3) is 0 Å². The lowest BCUT2D eigenvalue weighted by Crippen LogP contribution is -2.02. The summed E-state index contributed by atoms with van der Waals surface area (Å²) >= 11 is 5.86. The van der Waals surface area contributed by atoms with Crippen LogP contribution in [0.5, 0.6) is 0 Å². The van der Waals surface area contributed by atoms with Gasteiger partial charge in [-0.1, -0.05) is 6.07 Å². The van der Waals surface area contributed by atoms with Crippen LogP contribution in [-0.4, -0.2) is 19.7 Å².